The van der Waals surface area contributed by atoms with E-state index in [4.69, 9.17) is 18.9 Å². The van der Waals surface area contributed by atoms with Crippen molar-refractivity contribution in [2.45, 2.75) is 19.3 Å². The van der Waals surface area contributed by atoms with Gasteiger partial charge < -0.3 is 18.9 Å². The summed E-state index contributed by atoms with van der Waals surface area (Å²) in [5.41, 5.74) is 2.75. The van der Waals surface area contributed by atoms with Gasteiger partial charge in [-0.25, -0.2) is 0 Å². The van der Waals surface area contributed by atoms with E-state index in [1.165, 1.54) is 7.11 Å². The predicted molar refractivity (Wildman–Crippen MR) is 129 cm³/mol. The standard InChI is InChI=1S/C28H30O6/c1-31-24-13-14-26(32-2)23(19-24)20-25(27(29)33-17-15-21-9-5-3-6-10-21)28(30)34-18-16-22-11-7-4-8-12-22/h3-14,19,25H,15-18,20H2,1-2H3. The van der Waals surface area contributed by atoms with Gasteiger partial charge in [0.05, 0.1) is 27.4 Å². The number of rotatable bonds is 12. The van der Waals surface area contributed by atoms with Crippen LogP contribution in [0.15, 0.2) is 78.9 Å². The van der Waals surface area contributed by atoms with Gasteiger partial charge in [-0.3, -0.25) is 9.59 Å². The molecule has 0 amide bonds. The third kappa shape index (κ3) is 7.37. The topological polar surface area (TPSA) is 71.1 Å². The van der Waals surface area contributed by atoms with Crippen molar-refractivity contribution in [3.63, 3.8) is 0 Å². The molecular formula is C28H30O6. The molecule has 0 saturated carbocycles. The van der Waals surface area contributed by atoms with Gasteiger partial charge in [0.25, 0.3) is 0 Å². The van der Waals surface area contributed by atoms with Crippen molar-refractivity contribution in [3.8, 4) is 11.5 Å². The van der Waals surface area contributed by atoms with Crippen LogP contribution in [0.25, 0.3) is 0 Å². The van der Waals surface area contributed by atoms with Crippen molar-refractivity contribution >= 4 is 11.9 Å². The second kappa shape index (κ2) is 13.0. The Hall–Kier alpha value is -3.80. The molecule has 3 aromatic carbocycles. The van der Waals surface area contributed by atoms with Crippen molar-refractivity contribution in [2.24, 2.45) is 5.92 Å². The molecule has 0 aliphatic carbocycles. The molecule has 6 nitrogen and oxygen atoms in total. The molecule has 0 radical (unpaired) electrons. The van der Waals surface area contributed by atoms with E-state index in [1.807, 2.05) is 60.7 Å². The van der Waals surface area contributed by atoms with Crippen LogP contribution in [0.3, 0.4) is 0 Å². The van der Waals surface area contributed by atoms with Crippen LogP contribution in [-0.4, -0.2) is 39.4 Å². The molecular weight excluding hydrogens is 432 g/mol. The number of carbonyl (C=O) groups excluding carboxylic acids is 2. The van der Waals surface area contributed by atoms with E-state index in [0.29, 0.717) is 29.9 Å². The zero-order chi connectivity index (χ0) is 24.2. The third-order valence-corrected chi connectivity index (χ3v) is 5.44. The molecule has 178 valence electrons. The van der Waals surface area contributed by atoms with Gasteiger partial charge in [0.15, 0.2) is 5.92 Å². The molecule has 0 aliphatic heterocycles. The molecule has 6 heteroatoms. The lowest BCUT2D eigenvalue weighted by atomic mass is 9.98. The highest BCUT2D eigenvalue weighted by atomic mass is 16.6. The Morgan fingerprint density at radius 2 is 1.24 bits per heavy atom. The summed E-state index contributed by atoms with van der Waals surface area (Å²) in [6.07, 6.45) is 1.20. The van der Waals surface area contributed by atoms with Gasteiger partial charge in [0.1, 0.15) is 11.5 Å². The summed E-state index contributed by atoms with van der Waals surface area (Å²) in [5, 5.41) is 0. The first kappa shape index (κ1) is 24.8. The molecule has 0 bridgehead atoms. The summed E-state index contributed by atoms with van der Waals surface area (Å²) in [4.78, 5) is 25.9. The molecule has 0 spiro atoms. The molecule has 0 fully saturated rings. The lowest BCUT2D eigenvalue weighted by Gasteiger charge is -2.17. The smallest absolute Gasteiger partial charge is 0.320 e. The molecule has 0 saturated heterocycles. The number of methoxy groups -OCH3 is 2. The van der Waals surface area contributed by atoms with E-state index in [0.717, 1.165) is 11.1 Å². The Balaban J connectivity index is 1.69. The summed E-state index contributed by atoms with van der Waals surface area (Å²) in [6.45, 7) is 0.345. The van der Waals surface area contributed by atoms with Crippen LogP contribution in [0.5, 0.6) is 11.5 Å². The number of ether oxygens (including phenoxy) is 4. The second-order valence-electron chi connectivity index (χ2n) is 7.74. The van der Waals surface area contributed by atoms with Crippen molar-refractivity contribution in [3.05, 3.63) is 95.6 Å². The predicted octanol–water partition coefficient (Wildman–Crippen LogP) is 4.43. The number of hydrogen-bond donors (Lipinski definition) is 0. The average molecular weight is 463 g/mol. The molecule has 0 atom stereocenters. The average Bonchev–Trinajstić information content (AvgIpc) is 2.88. The van der Waals surface area contributed by atoms with Gasteiger partial charge in [0.2, 0.25) is 0 Å². The van der Waals surface area contributed by atoms with Gasteiger partial charge in [-0.15, -0.1) is 0 Å². The van der Waals surface area contributed by atoms with Crippen molar-refractivity contribution < 1.29 is 28.5 Å². The third-order valence-electron chi connectivity index (χ3n) is 5.44. The fraction of sp³-hybridized carbons (Fsp3) is 0.286. The van der Waals surface area contributed by atoms with Gasteiger partial charge in [-0.05, 0) is 34.9 Å². The maximum absolute atomic E-state index is 13.0. The van der Waals surface area contributed by atoms with Crippen molar-refractivity contribution in [1.29, 1.82) is 0 Å². The van der Waals surface area contributed by atoms with Crippen LogP contribution in [0.1, 0.15) is 16.7 Å². The van der Waals surface area contributed by atoms with Crippen LogP contribution in [0, 0.1) is 5.92 Å². The molecule has 0 N–H and O–H groups in total. The maximum atomic E-state index is 13.0. The number of hydrogen-bond acceptors (Lipinski definition) is 6. The molecule has 0 aromatic heterocycles. The van der Waals surface area contributed by atoms with E-state index < -0.39 is 17.9 Å². The van der Waals surface area contributed by atoms with Crippen LogP contribution >= 0.6 is 0 Å². The molecule has 3 rings (SSSR count). The Kier molecular flexibility index (Phi) is 9.52. The first-order chi connectivity index (χ1) is 16.6. The van der Waals surface area contributed by atoms with E-state index >= 15 is 0 Å². The Morgan fingerprint density at radius 1 is 0.706 bits per heavy atom. The Bertz CT molecular complexity index is 992. The highest BCUT2D eigenvalue weighted by molar-refractivity contribution is 5.95. The highest BCUT2D eigenvalue weighted by Gasteiger charge is 2.31. The van der Waals surface area contributed by atoms with Crippen molar-refractivity contribution in [1.82, 2.24) is 0 Å². The van der Waals surface area contributed by atoms with Crippen LogP contribution in [0.4, 0.5) is 0 Å². The van der Waals surface area contributed by atoms with Crippen molar-refractivity contribution in [2.75, 3.05) is 27.4 Å². The minimum atomic E-state index is -1.12. The van der Waals surface area contributed by atoms with Gasteiger partial charge in [-0.1, -0.05) is 60.7 Å². The van der Waals surface area contributed by atoms with E-state index in [9.17, 15) is 9.59 Å². The minimum Gasteiger partial charge on any atom is -0.497 e. The lowest BCUT2D eigenvalue weighted by molar-refractivity contribution is -0.162. The Morgan fingerprint density at radius 3 is 1.71 bits per heavy atom. The number of carbonyl (C=O) groups is 2. The van der Waals surface area contributed by atoms with Gasteiger partial charge in [0, 0.05) is 19.3 Å². The first-order valence-electron chi connectivity index (χ1n) is 11.2. The molecule has 0 heterocycles. The molecule has 0 aliphatic rings. The fourth-order valence-corrected chi connectivity index (χ4v) is 3.55. The van der Waals surface area contributed by atoms with Gasteiger partial charge >= 0.3 is 11.9 Å². The summed E-state index contributed by atoms with van der Waals surface area (Å²) >= 11 is 0. The molecule has 0 unspecified atom stereocenters. The largest absolute Gasteiger partial charge is 0.497 e. The van der Waals surface area contributed by atoms with E-state index in [-0.39, 0.29) is 19.6 Å². The van der Waals surface area contributed by atoms with Crippen LogP contribution in [0.2, 0.25) is 0 Å². The first-order valence-corrected chi connectivity index (χ1v) is 11.2. The van der Waals surface area contributed by atoms with Crippen LogP contribution in [-0.2, 0) is 38.3 Å². The second-order valence-corrected chi connectivity index (χ2v) is 7.74. The lowest BCUT2D eigenvalue weighted by Crippen LogP contribution is -2.31. The van der Waals surface area contributed by atoms with E-state index in [2.05, 4.69) is 0 Å². The summed E-state index contributed by atoms with van der Waals surface area (Å²) in [6, 6.07) is 24.7. The monoisotopic (exact) mass is 462 g/mol. The maximum Gasteiger partial charge on any atom is 0.320 e. The Labute approximate surface area is 200 Å². The summed E-state index contributed by atoms with van der Waals surface area (Å²) < 4.78 is 21.7. The molecule has 3 aromatic rings. The van der Waals surface area contributed by atoms with Gasteiger partial charge in [-0.2, -0.15) is 0 Å². The SMILES string of the molecule is COc1ccc(OC)c(CC(C(=O)OCCc2ccccc2)C(=O)OCCc2ccccc2)c1. The normalized spacial score (nSPS) is 10.6. The number of esters is 2. The fourth-order valence-electron chi connectivity index (χ4n) is 3.55. The zero-order valence-corrected chi connectivity index (χ0v) is 19.6. The summed E-state index contributed by atoms with van der Waals surface area (Å²) in [7, 11) is 3.09. The van der Waals surface area contributed by atoms with E-state index in [1.54, 1.807) is 25.3 Å². The number of benzene rings is 3. The minimum absolute atomic E-state index is 0.0781. The quantitative estimate of drug-likeness (QED) is 0.293. The summed E-state index contributed by atoms with van der Waals surface area (Å²) in [5.74, 6) is -1.20. The zero-order valence-electron chi connectivity index (χ0n) is 19.6. The van der Waals surface area contributed by atoms with Crippen LogP contribution < -0.4 is 9.47 Å². The molecule has 34 heavy (non-hydrogen) atoms. The highest BCUT2D eigenvalue weighted by Crippen LogP contribution is 2.27.